The number of carbonyl (C=O) groups is 1. The summed E-state index contributed by atoms with van der Waals surface area (Å²) in [4.78, 5) is 18.7. The summed E-state index contributed by atoms with van der Waals surface area (Å²) in [5.74, 6) is -1.92. The van der Waals surface area contributed by atoms with Gasteiger partial charge in [0, 0.05) is 41.8 Å². The first-order valence-electron chi connectivity index (χ1n) is 11.3. The second-order valence-corrected chi connectivity index (χ2v) is 9.07. The van der Waals surface area contributed by atoms with E-state index >= 15 is 0 Å². The molecule has 174 valence electrons. The molecule has 5 rings (SSSR count). The van der Waals surface area contributed by atoms with Gasteiger partial charge in [-0.15, -0.1) is 0 Å². The lowest BCUT2D eigenvalue weighted by Gasteiger charge is -2.32. The fourth-order valence-electron chi connectivity index (χ4n) is 5.49. The highest BCUT2D eigenvalue weighted by atomic mass is 19.1. The number of rotatable bonds is 7. The van der Waals surface area contributed by atoms with Crippen molar-refractivity contribution in [3.8, 4) is 0 Å². The van der Waals surface area contributed by atoms with E-state index in [1.165, 1.54) is 37.8 Å². The minimum absolute atomic E-state index is 0.0910. The van der Waals surface area contributed by atoms with Crippen LogP contribution in [0.2, 0.25) is 0 Å². The van der Waals surface area contributed by atoms with Gasteiger partial charge in [0.1, 0.15) is 17.3 Å². The molecule has 0 radical (unpaired) electrons. The summed E-state index contributed by atoms with van der Waals surface area (Å²) in [7, 11) is 0. The predicted molar refractivity (Wildman–Crippen MR) is 119 cm³/mol. The Kier molecular flexibility index (Phi) is 5.86. The molecule has 4 heterocycles. The Morgan fingerprint density at radius 1 is 1.15 bits per heavy atom. The molecule has 2 fully saturated rings. The summed E-state index contributed by atoms with van der Waals surface area (Å²) >= 11 is 0. The maximum atomic E-state index is 14.3. The topological polar surface area (TPSA) is 82.4 Å². The van der Waals surface area contributed by atoms with Crippen molar-refractivity contribution < 1.29 is 18.8 Å². The van der Waals surface area contributed by atoms with Gasteiger partial charge in [-0.3, -0.25) is 14.9 Å². The Labute approximate surface area is 190 Å². The lowest BCUT2D eigenvalue weighted by Crippen LogP contribution is -2.46. The van der Waals surface area contributed by atoms with Gasteiger partial charge in [0.2, 0.25) is 0 Å². The van der Waals surface area contributed by atoms with Crippen molar-refractivity contribution >= 4 is 16.8 Å². The van der Waals surface area contributed by atoms with E-state index in [0.717, 1.165) is 42.2 Å². The van der Waals surface area contributed by atoms with Crippen LogP contribution in [0.5, 0.6) is 0 Å². The molecule has 9 heteroatoms. The summed E-state index contributed by atoms with van der Waals surface area (Å²) in [6, 6.07) is 5.18. The van der Waals surface area contributed by atoms with Gasteiger partial charge in [-0.2, -0.15) is 0 Å². The van der Waals surface area contributed by atoms with Crippen LogP contribution in [0, 0.1) is 11.6 Å². The van der Waals surface area contributed by atoms with Crippen LogP contribution in [0.15, 0.2) is 36.7 Å². The monoisotopic (exact) mass is 455 g/mol. The van der Waals surface area contributed by atoms with Crippen LogP contribution in [0.3, 0.4) is 0 Å². The second kappa shape index (κ2) is 8.81. The lowest BCUT2D eigenvalue weighted by atomic mass is 9.94. The highest BCUT2D eigenvalue weighted by Gasteiger charge is 2.43. The average Bonchev–Trinajstić information content (AvgIpc) is 3.48. The zero-order chi connectivity index (χ0) is 23.0. The molecule has 3 N–H and O–H groups in total. The van der Waals surface area contributed by atoms with Crippen molar-refractivity contribution in [3.63, 3.8) is 0 Å². The van der Waals surface area contributed by atoms with Gasteiger partial charge in [0.05, 0.1) is 18.3 Å². The standard InChI is InChI=1S/C24H27F2N5O2/c25-18-4-3-16(20(26)9-18)13-30-14-17(19-10-21(23(32)29-33)28-12-22(19)30)11-27-15-24-5-1-7-31(24)8-2-6-24/h3-4,9-10,12,14,27,33H,1-2,5-8,11,13,15H2,(H,29,32). The number of aromatic nitrogens is 2. The van der Waals surface area contributed by atoms with Crippen molar-refractivity contribution in [3.05, 3.63) is 65.1 Å². The second-order valence-electron chi connectivity index (χ2n) is 9.07. The summed E-state index contributed by atoms with van der Waals surface area (Å²) in [5.41, 5.74) is 3.97. The Balaban J connectivity index is 1.43. The molecule has 0 unspecified atom stereocenters. The van der Waals surface area contributed by atoms with Crippen molar-refractivity contribution in [1.29, 1.82) is 0 Å². The summed E-state index contributed by atoms with van der Waals surface area (Å²) in [5, 5.41) is 13.4. The number of nitrogens with one attached hydrogen (secondary N) is 2. The summed E-state index contributed by atoms with van der Waals surface area (Å²) in [6.07, 6.45) is 8.33. The van der Waals surface area contributed by atoms with E-state index in [1.807, 2.05) is 10.8 Å². The van der Waals surface area contributed by atoms with E-state index in [-0.39, 0.29) is 17.8 Å². The molecule has 2 aromatic heterocycles. The number of nitrogens with zero attached hydrogens (tertiary/aromatic N) is 3. The maximum absolute atomic E-state index is 14.3. The Morgan fingerprint density at radius 3 is 2.67 bits per heavy atom. The van der Waals surface area contributed by atoms with Crippen molar-refractivity contribution in [2.75, 3.05) is 19.6 Å². The molecule has 7 nitrogen and oxygen atoms in total. The van der Waals surface area contributed by atoms with Crippen molar-refractivity contribution in [2.24, 2.45) is 0 Å². The molecule has 33 heavy (non-hydrogen) atoms. The molecule has 0 spiro atoms. The van der Waals surface area contributed by atoms with E-state index in [2.05, 4.69) is 15.2 Å². The number of fused-ring (bicyclic) bond motifs is 2. The number of amides is 1. The number of halogens is 2. The van der Waals surface area contributed by atoms with E-state index in [4.69, 9.17) is 5.21 Å². The normalized spacial score (nSPS) is 17.5. The molecule has 1 amide bonds. The third kappa shape index (κ3) is 4.12. The highest BCUT2D eigenvalue weighted by molar-refractivity contribution is 5.96. The first-order chi connectivity index (χ1) is 16.0. The van der Waals surface area contributed by atoms with Crippen LogP contribution < -0.4 is 10.8 Å². The summed E-state index contributed by atoms with van der Waals surface area (Å²) in [6.45, 7) is 4.00. The minimum atomic E-state index is -0.695. The molecule has 2 aliphatic heterocycles. The molecule has 0 atom stereocenters. The number of hydroxylamine groups is 1. The van der Waals surface area contributed by atoms with Crippen LogP contribution in [0.1, 0.15) is 47.3 Å². The Morgan fingerprint density at radius 2 is 1.94 bits per heavy atom. The Hall–Kier alpha value is -2.88. The third-order valence-corrected chi connectivity index (χ3v) is 7.12. The molecule has 1 aromatic carbocycles. The van der Waals surface area contributed by atoms with Crippen molar-refractivity contribution in [1.82, 2.24) is 25.2 Å². The van der Waals surface area contributed by atoms with Gasteiger partial charge in [-0.1, -0.05) is 6.07 Å². The van der Waals surface area contributed by atoms with Crippen LogP contribution in [0.4, 0.5) is 8.78 Å². The molecule has 0 saturated carbocycles. The van der Waals surface area contributed by atoms with Gasteiger partial charge >= 0.3 is 0 Å². The van der Waals surface area contributed by atoms with E-state index < -0.39 is 17.5 Å². The molecule has 3 aromatic rings. The van der Waals surface area contributed by atoms with Crippen molar-refractivity contribution in [2.45, 2.75) is 44.3 Å². The number of pyridine rings is 1. The minimum Gasteiger partial charge on any atom is -0.341 e. The summed E-state index contributed by atoms with van der Waals surface area (Å²) < 4.78 is 29.5. The Bertz CT molecular complexity index is 1190. The SMILES string of the molecule is O=C(NO)c1cc2c(CNCC34CCCN3CCC4)cn(Cc3ccc(F)cc3F)c2cn1. The highest BCUT2D eigenvalue weighted by Crippen LogP contribution is 2.38. The molecular formula is C24H27F2N5O2. The van der Waals surface area contributed by atoms with Crippen LogP contribution in [-0.4, -0.2) is 50.7 Å². The zero-order valence-corrected chi connectivity index (χ0v) is 18.3. The number of hydrogen-bond acceptors (Lipinski definition) is 5. The number of benzene rings is 1. The largest absolute Gasteiger partial charge is 0.341 e. The third-order valence-electron chi connectivity index (χ3n) is 7.12. The van der Waals surface area contributed by atoms with E-state index in [9.17, 15) is 13.6 Å². The molecule has 0 aliphatic carbocycles. The first-order valence-corrected chi connectivity index (χ1v) is 11.3. The van der Waals surface area contributed by atoms with Crippen LogP contribution in [0.25, 0.3) is 10.9 Å². The zero-order valence-electron chi connectivity index (χ0n) is 18.3. The van der Waals surface area contributed by atoms with Gasteiger partial charge in [0.25, 0.3) is 5.91 Å². The quantitative estimate of drug-likeness (QED) is 0.377. The maximum Gasteiger partial charge on any atom is 0.293 e. The molecule has 0 bridgehead atoms. The fraction of sp³-hybridized carbons (Fsp3) is 0.417. The van der Waals surface area contributed by atoms with Gasteiger partial charge in [-0.25, -0.2) is 19.2 Å². The average molecular weight is 456 g/mol. The van der Waals surface area contributed by atoms with E-state index in [0.29, 0.717) is 12.1 Å². The number of carbonyl (C=O) groups excluding carboxylic acids is 1. The fourth-order valence-corrected chi connectivity index (χ4v) is 5.49. The van der Waals surface area contributed by atoms with Gasteiger partial charge in [-0.05, 0) is 56.5 Å². The molecule has 2 aliphatic rings. The molecule has 2 saturated heterocycles. The molecular weight excluding hydrogens is 428 g/mol. The van der Waals surface area contributed by atoms with Gasteiger partial charge in [0.15, 0.2) is 0 Å². The lowest BCUT2D eigenvalue weighted by molar-refractivity contribution is 0.0701. The van der Waals surface area contributed by atoms with Crippen LogP contribution in [-0.2, 0) is 13.1 Å². The van der Waals surface area contributed by atoms with Crippen LogP contribution >= 0.6 is 0 Å². The van der Waals surface area contributed by atoms with E-state index in [1.54, 1.807) is 17.7 Å². The smallest absolute Gasteiger partial charge is 0.293 e. The number of hydrogen-bond donors (Lipinski definition) is 3. The van der Waals surface area contributed by atoms with Gasteiger partial charge < -0.3 is 9.88 Å². The predicted octanol–water partition coefficient (Wildman–Crippen LogP) is 3.20. The first kappa shape index (κ1) is 21.9.